The molecule has 0 radical (unpaired) electrons. The van der Waals surface area contributed by atoms with Crippen molar-refractivity contribution in [2.75, 3.05) is 12.3 Å². The Balaban J connectivity index is 1.31. The van der Waals surface area contributed by atoms with Gasteiger partial charge < -0.3 is 9.84 Å². The lowest BCUT2D eigenvalue weighted by molar-refractivity contribution is -0.121. The van der Waals surface area contributed by atoms with Gasteiger partial charge >= 0.3 is 0 Å². The summed E-state index contributed by atoms with van der Waals surface area (Å²) in [7, 11) is 0. The van der Waals surface area contributed by atoms with Crippen LogP contribution in [-0.4, -0.2) is 28.3 Å². The molecule has 2 aromatic heterocycles. The number of carbonyl (C=O) groups is 1. The first-order valence-corrected chi connectivity index (χ1v) is 10.8. The summed E-state index contributed by atoms with van der Waals surface area (Å²) >= 11 is 3.34. The van der Waals surface area contributed by atoms with E-state index in [1.54, 1.807) is 23.1 Å². The molecule has 0 fully saturated rings. The Hall–Kier alpha value is -2.12. The minimum atomic E-state index is 0.0636. The molecule has 0 saturated carbocycles. The number of thioether (sulfide) groups is 1. The quantitative estimate of drug-likeness (QED) is 0.418. The van der Waals surface area contributed by atoms with Crippen LogP contribution in [0.2, 0.25) is 0 Å². The van der Waals surface area contributed by atoms with E-state index in [0.717, 1.165) is 10.6 Å². The molecular weight excluding hydrogens is 378 g/mol. The highest BCUT2D eigenvalue weighted by Gasteiger charge is 2.10. The number of rotatable bonds is 9. The van der Waals surface area contributed by atoms with Crippen LogP contribution in [0.4, 0.5) is 0 Å². The summed E-state index contributed by atoms with van der Waals surface area (Å²) in [5, 5.41) is 8.93. The van der Waals surface area contributed by atoms with Crippen LogP contribution in [0, 0.1) is 13.8 Å². The number of aromatic nitrogens is 2. The van der Waals surface area contributed by atoms with Crippen LogP contribution in [0.25, 0.3) is 10.7 Å². The summed E-state index contributed by atoms with van der Waals surface area (Å²) in [5.41, 5.74) is 2.60. The maximum atomic E-state index is 11.9. The molecule has 0 saturated heterocycles. The van der Waals surface area contributed by atoms with Gasteiger partial charge in [-0.15, -0.1) is 23.1 Å². The Labute approximate surface area is 167 Å². The van der Waals surface area contributed by atoms with Crippen LogP contribution in [-0.2, 0) is 11.2 Å². The highest BCUT2D eigenvalue weighted by atomic mass is 32.2. The van der Waals surface area contributed by atoms with Crippen molar-refractivity contribution in [3.63, 3.8) is 0 Å². The Kier molecular flexibility index (Phi) is 7.06. The maximum absolute atomic E-state index is 11.9. The third kappa shape index (κ3) is 5.94. The van der Waals surface area contributed by atoms with Gasteiger partial charge in [-0.05, 0) is 55.0 Å². The van der Waals surface area contributed by atoms with Crippen LogP contribution in [0.5, 0.6) is 0 Å². The normalized spacial score (nSPS) is 10.9. The van der Waals surface area contributed by atoms with Gasteiger partial charge in [0.05, 0.1) is 4.88 Å². The second kappa shape index (κ2) is 9.71. The van der Waals surface area contributed by atoms with Crippen molar-refractivity contribution in [1.82, 2.24) is 15.5 Å². The van der Waals surface area contributed by atoms with Crippen LogP contribution in [0.1, 0.15) is 29.9 Å². The number of nitrogens with zero attached hydrogens (tertiary/aromatic N) is 2. The van der Waals surface area contributed by atoms with Gasteiger partial charge in [0.1, 0.15) is 0 Å². The van der Waals surface area contributed by atoms with Gasteiger partial charge in [0.2, 0.25) is 17.6 Å². The summed E-state index contributed by atoms with van der Waals surface area (Å²) in [4.78, 5) is 18.6. The average Bonchev–Trinajstić information content (AvgIpc) is 3.33. The minimum Gasteiger partial charge on any atom is -0.355 e. The zero-order valence-electron chi connectivity index (χ0n) is 15.5. The monoisotopic (exact) mass is 401 g/mol. The molecule has 1 amide bonds. The fourth-order valence-electron chi connectivity index (χ4n) is 2.51. The highest BCUT2D eigenvalue weighted by molar-refractivity contribution is 7.99. The van der Waals surface area contributed by atoms with Gasteiger partial charge in [0, 0.05) is 30.0 Å². The van der Waals surface area contributed by atoms with Crippen LogP contribution in [0.3, 0.4) is 0 Å². The van der Waals surface area contributed by atoms with E-state index in [9.17, 15) is 4.79 Å². The first-order valence-electron chi connectivity index (χ1n) is 8.95. The number of amides is 1. The van der Waals surface area contributed by atoms with Crippen molar-refractivity contribution in [3.8, 4) is 10.7 Å². The molecule has 7 heteroatoms. The number of hydrogen-bond acceptors (Lipinski definition) is 6. The first kappa shape index (κ1) is 19.6. The number of thiophene rings is 1. The smallest absolute Gasteiger partial charge is 0.226 e. The summed E-state index contributed by atoms with van der Waals surface area (Å²) in [5.74, 6) is 2.13. The van der Waals surface area contributed by atoms with E-state index in [1.807, 2.05) is 17.5 Å². The molecule has 27 heavy (non-hydrogen) atoms. The van der Waals surface area contributed by atoms with Crippen molar-refractivity contribution in [3.05, 3.63) is 52.7 Å². The lowest BCUT2D eigenvalue weighted by Crippen LogP contribution is -2.25. The highest BCUT2D eigenvalue weighted by Crippen LogP contribution is 2.22. The predicted octanol–water partition coefficient (Wildman–Crippen LogP) is 4.65. The van der Waals surface area contributed by atoms with E-state index < -0.39 is 0 Å². The molecule has 0 atom stereocenters. The van der Waals surface area contributed by atoms with Crippen LogP contribution >= 0.6 is 23.1 Å². The van der Waals surface area contributed by atoms with Gasteiger partial charge in [0.25, 0.3) is 0 Å². The third-order valence-corrected chi connectivity index (χ3v) is 6.04. The van der Waals surface area contributed by atoms with E-state index in [2.05, 4.69) is 47.5 Å². The Morgan fingerprint density at radius 1 is 1.26 bits per heavy atom. The number of hydrogen-bond donors (Lipinski definition) is 1. The summed E-state index contributed by atoms with van der Waals surface area (Å²) in [6.45, 7) is 4.90. The molecule has 0 bridgehead atoms. The van der Waals surface area contributed by atoms with Crippen molar-refractivity contribution < 1.29 is 9.32 Å². The number of nitrogens with one attached hydrogen (secondary N) is 1. The second-order valence-corrected chi connectivity index (χ2v) is 8.40. The van der Waals surface area contributed by atoms with Crippen LogP contribution < -0.4 is 5.32 Å². The molecule has 5 nitrogen and oxygen atoms in total. The molecule has 0 spiro atoms. The summed E-state index contributed by atoms with van der Waals surface area (Å²) < 4.78 is 5.25. The van der Waals surface area contributed by atoms with Gasteiger partial charge in [-0.3, -0.25) is 4.79 Å². The van der Waals surface area contributed by atoms with E-state index >= 15 is 0 Å². The molecule has 0 aliphatic rings. The lowest BCUT2D eigenvalue weighted by atomic mass is 10.1. The van der Waals surface area contributed by atoms with Gasteiger partial charge in [0.15, 0.2) is 0 Å². The average molecular weight is 402 g/mol. The number of carbonyl (C=O) groups excluding carboxylic acids is 1. The molecule has 1 aromatic carbocycles. The molecule has 1 N–H and O–H groups in total. The Morgan fingerprint density at radius 2 is 2.15 bits per heavy atom. The molecule has 0 unspecified atom stereocenters. The minimum absolute atomic E-state index is 0.0636. The van der Waals surface area contributed by atoms with Gasteiger partial charge in [-0.25, -0.2) is 0 Å². The van der Waals surface area contributed by atoms with Gasteiger partial charge in [-0.2, -0.15) is 4.98 Å². The maximum Gasteiger partial charge on any atom is 0.226 e. The Bertz CT molecular complexity index is 875. The van der Waals surface area contributed by atoms with Crippen molar-refractivity contribution in [2.24, 2.45) is 0 Å². The topological polar surface area (TPSA) is 68.0 Å². The predicted molar refractivity (Wildman–Crippen MR) is 110 cm³/mol. The SMILES string of the molecule is Cc1ccc(SCCNC(=O)CCCc2nc(-c3cccs3)no2)cc1C. The third-order valence-electron chi connectivity index (χ3n) is 4.18. The summed E-state index contributed by atoms with van der Waals surface area (Å²) in [6, 6.07) is 10.4. The van der Waals surface area contributed by atoms with E-state index in [0.29, 0.717) is 37.5 Å². The standard InChI is InChI=1S/C20H23N3O2S2/c1-14-8-9-16(13-15(14)2)26-12-10-21-18(24)6-3-7-19-22-20(23-25-19)17-5-4-11-27-17/h4-5,8-9,11,13H,3,6-7,10,12H2,1-2H3,(H,21,24). The van der Waals surface area contributed by atoms with Gasteiger partial charge in [-0.1, -0.05) is 17.3 Å². The van der Waals surface area contributed by atoms with Crippen LogP contribution in [0.15, 0.2) is 45.1 Å². The molecule has 3 rings (SSSR count). The lowest BCUT2D eigenvalue weighted by Gasteiger charge is -2.06. The zero-order chi connectivity index (χ0) is 19.1. The molecular formula is C20H23N3O2S2. The molecule has 2 heterocycles. The molecule has 0 aliphatic heterocycles. The fourth-order valence-corrected chi connectivity index (χ4v) is 4.03. The van der Waals surface area contributed by atoms with E-state index in [1.165, 1.54) is 16.0 Å². The van der Waals surface area contributed by atoms with Crippen molar-refractivity contribution >= 4 is 29.0 Å². The Morgan fingerprint density at radius 3 is 2.93 bits per heavy atom. The van der Waals surface area contributed by atoms with Crippen molar-refractivity contribution in [2.45, 2.75) is 38.0 Å². The number of benzene rings is 1. The molecule has 142 valence electrons. The first-order chi connectivity index (χ1) is 13.1. The second-order valence-electron chi connectivity index (χ2n) is 6.29. The molecule has 0 aliphatic carbocycles. The van der Waals surface area contributed by atoms with Crippen molar-refractivity contribution in [1.29, 1.82) is 0 Å². The fraction of sp³-hybridized carbons (Fsp3) is 0.350. The largest absolute Gasteiger partial charge is 0.355 e. The van der Waals surface area contributed by atoms with E-state index in [4.69, 9.17) is 4.52 Å². The number of aryl methyl sites for hydroxylation is 3. The van der Waals surface area contributed by atoms with E-state index in [-0.39, 0.29) is 5.91 Å². The summed E-state index contributed by atoms with van der Waals surface area (Å²) in [6.07, 6.45) is 1.77. The molecule has 3 aromatic rings. The zero-order valence-corrected chi connectivity index (χ0v) is 17.2.